The number of nitrogens with one attached hydrogen (secondary N) is 1. The molecule has 0 radical (unpaired) electrons. The lowest BCUT2D eigenvalue weighted by Crippen LogP contribution is -2.25. The van der Waals surface area contributed by atoms with Crippen LogP contribution in [0.4, 0.5) is 8.78 Å². The van der Waals surface area contributed by atoms with Gasteiger partial charge in [0.15, 0.2) is 4.90 Å². The van der Waals surface area contributed by atoms with E-state index in [-0.39, 0.29) is 6.54 Å². The molecule has 124 valence electrons. The SMILES string of the molecule is O=S(=O)(NCc1ccc(-c2csnn2)cc1)c1c(F)cccc1F. The molecule has 0 aliphatic heterocycles. The van der Waals surface area contributed by atoms with Crippen molar-refractivity contribution in [3.8, 4) is 11.3 Å². The van der Waals surface area contributed by atoms with Crippen LogP contribution in [-0.2, 0) is 16.6 Å². The molecular formula is C15H11F2N3O2S2. The number of hydrogen-bond acceptors (Lipinski definition) is 5. The topological polar surface area (TPSA) is 72.0 Å². The zero-order valence-electron chi connectivity index (χ0n) is 12.1. The zero-order chi connectivity index (χ0) is 17.2. The van der Waals surface area contributed by atoms with Crippen molar-refractivity contribution >= 4 is 21.6 Å². The van der Waals surface area contributed by atoms with Gasteiger partial charge in [-0.2, -0.15) is 0 Å². The molecule has 0 unspecified atom stereocenters. The Bertz CT molecular complexity index is 923. The molecule has 0 spiro atoms. The van der Waals surface area contributed by atoms with Gasteiger partial charge in [-0.25, -0.2) is 21.9 Å². The molecule has 0 aliphatic carbocycles. The van der Waals surface area contributed by atoms with E-state index in [0.717, 1.165) is 29.5 Å². The van der Waals surface area contributed by atoms with Crippen LogP contribution in [0, 0.1) is 11.6 Å². The summed E-state index contributed by atoms with van der Waals surface area (Å²) in [5, 5.41) is 5.72. The number of benzene rings is 2. The maximum absolute atomic E-state index is 13.6. The molecule has 24 heavy (non-hydrogen) atoms. The standard InChI is InChI=1S/C15H11F2N3O2S2/c16-12-2-1-3-13(17)15(12)24(21,22)18-8-10-4-6-11(7-5-10)14-9-23-20-19-14/h1-7,9,18H,8H2. The molecule has 0 amide bonds. The third kappa shape index (κ3) is 3.48. The third-order valence-electron chi connectivity index (χ3n) is 3.26. The Hall–Kier alpha value is -2.23. The van der Waals surface area contributed by atoms with Crippen molar-refractivity contribution in [2.75, 3.05) is 0 Å². The van der Waals surface area contributed by atoms with Gasteiger partial charge in [-0.3, -0.25) is 0 Å². The Labute approximate surface area is 141 Å². The van der Waals surface area contributed by atoms with Crippen molar-refractivity contribution in [2.45, 2.75) is 11.4 Å². The molecule has 5 nitrogen and oxygen atoms in total. The van der Waals surface area contributed by atoms with E-state index in [9.17, 15) is 17.2 Å². The van der Waals surface area contributed by atoms with Gasteiger partial charge >= 0.3 is 0 Å². The Morgan fingerprint density at radius 1 is 1.04 bits per heavy atom. The first-order valence-corrected chi connectivity index (χ1v) is 9.09. The molecule has 2 aromatic carbocycles. The van der Waals surface area contributed by atoms with Gasteiger partial charge in [-0.15, -0.1) is 5.10 Å². The molecule has 0 saturated carbocycles. The first kappa shape index (κ1) is 16.6. The maximum Gasteiger partial charge on any atom is 0.246 e. The van der Waals surface area contributed by atoms with Crippen molar-refractivity contribution in [1.29, 1.82) is 0 Å². The lowest BCUT2D eigenvalue weighted by molar-refractivity contribution is 0.514. The van der Waals surface area contributed by atoms with Crippen LogP contribution in [0.3, 0.4) is 0 Å². The van der Waals surface area contributed by atoms with Crippen LogP contribution < -0.4 is 4.72 Å². The highest BCUT2D eigenvalue weighted by Gasteiger charge is 2.23. The second kappa shape index (κ2) is 6.71. The minimum absolute atomic E-state index is 0.0916. The molecule has 3 rings (SSSR count). The molecule has 9 heteroatoms. The van der Waals surface area contributed by atoms with Crippen molar-refractivity contribution in [2.24, 2.45) is 0 Å². The molecule has 0 aliphatic rings. The average molecular weight is 367 g/mol. The molecule has 1 heterocycles. The third-order valence-corrected chi connectivity index (χ3v) is 5.22. The minimum Gasteiger partial charge on any atom is -0.207 e. The van der Waals surface area contributed by atoms with Gasteiger partial charge in [0.25, 0.3) is 0 Å². The van der Waals surface area contributed by atoms with Crippen LogP contribution >= 0.6 is 11.5 Å². The van der Waals surface area contributed by atoms with Crippen LogP contribution in [0.15, 0.2) is 52.7 Å². The maximum atomic E-state index is 13.6. The van der Waals surface area contributed by atoms with Crippen molar-refractivity contribution in [3.63, 3.8) is 0 Å². The first-order valence-electron chi connectivity index (χ1n) is 6.77. The summed E-state index contributed by atoms with van der Waals surface area (Å²) in [6, 6.07) is 9.84. The predicted octanol–water partition coefficient (Wildman–Crippen LogP) is 2.96. The summed E-state index contributed by atoms with van der Waals surface area (Å²) in [6.45, 7) is -0.0916. The normalized spacial score (nSPS) is 11.6. The zero-order valence-corrected chi connectivity index (χ0v) is 13.7. The van der Waals surface area contributed by atoms with E-state index in [0.29, 0.717) is 5.56 Å². The van der Waals surface area contributed by atoms with E-state index in [4.69, 9.17) is 0 Å². The summed E-state index contributed by atoms with van der Waals surface area (Å²) >= 11 is 1.23. The highest BCUT2D eigenvalue weighted by Crippen LogP contribution is 2.20. The lowest BCUT2D eigenvalue weighted by Gasteiger charge is -2.09. The smallest absolute Gasteiger partial charge is 0.207 e. The molecule has 1 N–H and O–H groups in total. The lowest BCUT2D eigenvalue weighted by atomic mass is 10.1. The first-order chi connectivity index (χ1) is 11.5. The molecule has 0 saturated heterocycles. The van der Waals surface area contributed by atoms with E-state index in [1.165, 1.54) is 11.5 Å². The monoisotopic (exact) mass is 367 g/mol. The molecule has 0 atom stereocenters. The fourth-order valence-corrected chi connectivity index (χ4v) is 3.69. The Morgan fingerprint density at radius 3 is 2.29 bits per heavy atom. The summed E-state index contributed by atoms with van der Waals surface area (Å²) in [6.07, 6.45) is 0. The van der Waals surface area contributed by atoms with Crippen molar-refractivity contribution in [3.05, 3.63) is 65.0 Å². The summed E-state index contributed by atoms with van der Waals surface area (Å²) in [7, 11) is -4.29. The fourth-order valence-electron chi connectivity index (χ4n) is 2.07. The number of halogens is 2. The number of rotatable bonds is 5. The second-order valence-electron chi connectivity index (χ2n) is 4.86. The number of sulfonamides is 1. The van der Waals surface area contributed by atoms with Crippen molar-refractivity contribution < 1.29 is 17.2 Å². The van der Waals surface area contributed by atoms with Gasteiger partial charge in [0, 0.05) is 17.5 Å². The van der Waals surface area contributed by atoms with Gasteiger partial charge in [0.2, 0.25) is 10.0 Å². The van der Waals surface area contributed by atoms with Gasteiger partial charge < -0.3 is 0 Å². The molecular weight excluding hydrogens is 356 g/mol. The largest absolute Gasteiger partial charge is 0.246 e. The van der Waals surface area contributed by atoms with E-state index >= 15 is 0 Å². The Balaban J connectivity index is 1.75. The Kier molecular flexibility index (Phi) is 4.65. The van der Waals surface area contributed by atoms with Gasteiger partial charge in [0.1, 0.15) is 17.3 Å². The van der Waals surface area contributed by atoms with Gasteiger partial charge in [0.05, 0.1) is 0 Å². The van der Waals surface area contributed by atoms with Crippen LogP contribution in [0.2, 0.25) is 0 Å². The van der Waals surface area contributed by atoms with E-state index in [1.807, 2.05) is 0 Å². The summed E-state index contributed by atoms with van der Waals surface area (Å²) in [5.74, 6) is -2.26. The highest BCUT2D eigenvalue weighted by molar-refractivity contribution is 7.89. The summed E-state index contributed by atoms with van der Waals surface area (Å²) in [4.78, 5) is -0.977. The molecule has 1 aromatic heterocycles. The highest BCUT2D eigenvalue weighted by atomic mass is 32.2. The molecule has 3 aromatic rings. The average Bonchev–Trinajstić information content (AvgIpc) is 3.07. The van der Waals surface area contributed by atoms with E-state index in [2.05, 4.69) is 14.3 Å². The van der Waals surface area contributed by atoms with Crippen LogP contribution in [-0.4, -0.2) is 18.0 Å². The Morgan fingerprint density at radius 2 is 1.71 bits per heavy atom. The van der Waals surface area contributed by atoms with Crippen molar-refractivity contribution in [1.82, 2.24) is 14.3 Å². The number of nitrogens with zero attached hydrogens (tertiary/aromatic N) is 2. The van der Waals surface area contributed by atoms with Crippen LogP contribution in [0.1, 0.15) is 5.56 Å². The van der Waals surface area contributed by atoms with E-state index < -0.39 is 26.6 Å². The number of aromatic nitrogens is 2. The van der Waals surface area contributed by atoms with Crippen LogP contribution in [0.5, 0.6) is 0 Å². The quantitative estimate of drug-likeness (QED) is 0.753. The summed E-state index contributed by atoms with van der Waals surface area (Å²) < 4.78 is 57.4. The summed E-state index contributed by atoms with van der Waals surface area (Å²) in [5.41, 5.74) is 2.21. The molecule has 0 fully saturated rings. The van der Waals surface area contributed by atoms with Crippen LogP contribution in [0.25, 0.3) is 11.3 Å². The van der Waals surface area contributed by atoms with E-state index in [1.54, 1.807) is 29.6 Å². The predicted molar refractivity (Wildman–Crippen MR) is 85.7 cm³/mol. The minimum atomic E-state index is -4.29. The fraction of sp³-hybridized carbons (Fsp3) is 0.0667. The van der Waals surface area contributed by atoms with Gasteiger partial charge in [-0.1, -0.05) is 34.8 Å². The second-order valence-corrected chi connectivity index (χ2v) is 7.18. The molecule has 0 bridgehead atoms. The van der Waals surface area contributed by atoms with Gasteiger partial charge in [-0.05, 0) is 29.2 Å². The number of hydrogen-bond donors (Lipinski definition) is 1.